The van der Waals surface area contributed by atoms with Crippen molar-refractivity contribution in [2.24, 2.45) is 11.3 Å². The Morgan fingerprint density at radius 2 is 1.76 bits per heavy atom. The fourth-order valence-electron chi connectivity index (χ4n) is 4.57. The van der Waals surface area contributed by atoms with E-state index in [0.717, 1.165) is 32.1 Å². The van der Waals surface area contributed by atoms with Crippen molar-refractivity contribution >= 4 is 5.91 Å². The maximum absolute atomic E-state index is 12.4. The molecule has 3 aliphatic rings. The predicted octanol–water partition coefficient (Wildman–Crippen LogP) is 2.46. The van der Waals surface area contributed by atoms with Crippen molar-refractivity contribution in [2.75, 3.05) is 0 Å². The lowest BCUT2D eigenvalue weighted by Crippen LogP contribution is -2.39. The Labute approximate surface area is 125 Å². The van der Waals surface area contributed by atoms with Crippen LogP contribution in [0.25, 0.3) is 0 Å². The fraction of sp³-hybridized carbons (Fsp3) is 0.812. The van der Waals surface area contributed by atoms with Crippen LogP contribution in [0.4, 0.5) is 0 Å². The Kier molecular flexibility index (Phi) is 3.23. The first kappa shape index (κ1) is 13.3. The third kappa shape index (κ3) is 2.47. The molecule has 1 N–H and O–H groups in total. The summed E-state index contributed by atoms with van der Waals surface area (Å²) >= 11 is 0. The number of amides is 1. The average molecular weight is 288 g/mol. The van der Waals surface area contributed by atoms with Crippen molar-refractivity contribution in [3.8, 4) is 0 Å². The van der Waals surface area contributed by atoms with Crippen LogP contribution in [0.1, 0.15) is 63.8 Å². The molecule has 114 valence electrons. The quantitative estimate of drug-likeness (QED) is 0.929. The molecule has 1 heterocycles. The molecule has 1 aromatic heterocycles. The first-order valence-electron chi connectivity index (χ1n) is 8.41. The van der Waals surface area contributed by atoms with Gasteiger partial charge in [0, 0.05) is 18.0 Å². The normalized spacial score (nSPS) is 34.0. The molecule has 5 heteroatoms. The third-order valence-corrected chi connectivity index (χ3v) is 6.01. The van der Waals surface area contributed by atoms with Crippen LogP contribution in [0.5, 0.6) is 0 Å². The average Bonchev–Trinajstić information content (AvgIpc) is 2.88. The molecule has 1 atom stereocenters. The van der Waals surface area contributed by atoms with E-state index in [9.17, 15) is 4.79 Å². The van der Waals surface area contributed by atoms with E-state index in [1.165, 1.54) is 25.7 Å². The second-order valence-corrected chi connectivity index (χ2v) is 7.25. The van der Waals surface area contributed by atoms with Crippen molar-refractivity contribution in [1.82, 2.24) is 20.1 Å². The summed E-state index contributed by atoms with van der Waals surface area (Å²) in [7, 11) is 0. The van der Waals surface area contributed by atoms with Crippen LogP contribution in [0.2, 0.25) is 0 Å². The summed E-state index contributed by atoms with van der Waals surface area (Å²) in [5, 5.41) is 11.1. The van der Waals surface area contributed by atoms with Gasteiger partial charge in [0.05, 0.1) is 0 Å². The zero-order valence-corrected chi connectivity index (χ0v) is 12.5. The highest BCUT2D eigenvalue weighted by molar-refractivity contribution is 5.82. The molecule has 0 unspecified atom stereocenters. The van der Waals surface area contributed by atoms with Crippen LogP contribution < -0.4 is 5.32 Å². The molecule has 1 aromatic rings. The minimum absolute atomic E-state index is 0.329. The molecule has 4 rings (SSSR count). The summed E-state index contributed by atoms with van der Waals surface area (Å²) in [6, 6.07) is 0.888. The minimum atomic E-state index is 0.329. The molecule has 1 spiro atoms. The van der Waals surface area contributed by atoms with E-state index in [1.807, 2.05) is 0 Å². The molecule has 0 aliphatic heterocycles. The molecule has 21 heavy (non-hydrogen) atoms. The van der Waals surface area contributed by atoms with Crippen LogP contribution in [0.3, 0.4) is 0 Å². The summed E-state index contributed by atoms with van der Waals surface area (Å²) in [4.78, 5) is 12.4. The highest BCUT2D eigenvalue weighted by Gasteiger charge is 2.58. The highest BCUT2D eigenvalue weighted by Crippen LogP contribution is 2.62. The van der Waals surface area contributed by atoms with E-state index in [1.54, 1.807) is 12.7 Å². The lowest BCUT2D eigenvalue weighted by Gasteiger charge is -2.29. The molecule has 3 saturated carbocycles. The number of carbonyl (C=O) groups is 1. The first-order chi connectivity index (χ1) is 10.3. The van der Waals surface area contributed by atoms with E-state index in [4.69, 9.17) is 0 Å². The Morgan fingerprint density at radius 1 is 1.10 bits per heavy atom. The van der Waals surface area contributed by atoms with Gasteiger partial charge in [0.2, 0.25) is 5.91 Å². The van der Waals surface area contributed by atoms with Crippen LogP contribution in [-0.2, 0) is 4.79 Å². The van der Waals surface area contributed by atoms with Crippen LogP contribution in [-0.4, -0.2) is 26.7 Å². The number of nitrogens with one attached hydrogen (secondary N) is 1. The van der Waals surface area contributed by atoms with Gasteiger partial charge in [-0.1, -0.05) is 12.8 Å². The number of rotatable bonds is 3. The Morgan fingerprint density at radius 3 is 2.43 bits per heavy atom. The van der Waals surface area contributed by atoms with Crippen LogP contribution in [0.15, 0.2) is 12.7 Å². The molecular weight excluding hydrogens is 264 g/mol. The van der Waals surface area contributed by atoms with Crippen molar-refractivity contribution in [3.05, 3.63) is 12.7 Å². The van der Waals surface area contributed by atoms with Gasteiger partial charge in [0.1, 0.15) is 12.7 Å². The van der Waals surface area contributed by atoms with E-state index in [2.05, 4.69) is 20.1 Å². The summed E-state index contributed by atoms with van der Waals surface area (Å²) in [5.74, 6) is 0.667. The smallest absolute Gasteiger partial charge is 0.223 e. The Bertz CT molecular complexity index is 498. The van der Waals surface area contributed by atoms with Crippen LogP contribution in [0, 0.1) is 11.3 Å². The molecule has 1 amide bonds. The highest BCUT2D eigenvalue weighted by atomic mass is 16.2. The van der Waals surface area contributed by atoms with Crippen LogP contribution >= 0.6 is 0 Å². The molecule has 3 fully saturated rings. The zero-order valence-electron chi connectivity index (χ0n) is 12.5. The topological polar surface area (TPSA) is 59.8 Å². The number of hydrogen-bond acceptors (Lipinski definition) is 3. The van der Waals surface area contributed by atoms with Gasteiger partial charge in [-0.05, 0) is 50.4 Å². The van der Waals surface area contributed by atoms with Gasteiger partial charge in [-0.25, -0.2) is 0 Å². The summed E-state index contributed by atoms with van der Waals surface area (Å²) in [6.07, 6.45) is 14.4. The lowest BCUT2D eigenvalue weighted by atomic mass is 9.90. The van der Waals surface area contributed by atoms with Gasteiger partial charge in [0.15, 0.2) is 0 Å². The molecule has 5 nitrogen and oxygen atoms in total. The largest absolute Gasteiger partial charge is 0.353 e. The standard InChI is InChI=1S/C16H24N4O/c21-15(14-9-16(14)7-1-2-8-16)19-12-3-5-13(6-4-12)20-10-17-18-11-20/h10-14H,1-9H2,(H,19,21)/t12?,13?,14-/m0/s1. The molecule has 0 radical (unpaired) electrons. The second-order valence-electron chi connectivity index (χ2n) is 7.25. The fourth-order valence-corrected chi connectivity index (χ4v) is 4.57. The van der Waals surface area contributed by atoms with E-state index >= 15 is 0 Å². The van der Waals surface area contributed by atoms with E-state index in [0.29, 0.717) is 29.3 Å². The Hall–Kier alpha value is -1.39. The number of nitrogens with zero attached hydrogens (tertiary/aromatic N) is 3. The van der Waals surface area contributed by atoms with Gasteiger partial charge in [0.25, 0.3) is 0 Å². The number of hydrogen-bond donors (Lipinski definition) is 1. The SMILES string of the molecule is O=C(NC1CCC(n2cnnc2)CC1)[C@@H]1CC12CCCC2. The maximum atomic E-state index is 12.4. The minimum Gasteiger partial charge on any atom is -0.353 e. The molecule has 0 bridgehead atoms. The van der Waals surface area contributed by atoms with Gasteiger partial charge in [-0.2, -0.15) is 0 Å². The van der Waals surface area contributed by atoms with Crippen molar-refractivity contribution in [2.45, 2.75) is 69.9 Å². The summed E-state index contributed by atoms with van der Waals surface area (Å²) in [5.41, 5.74) is 0.420. The van der Waals surface area contributed by atoms with E-state index < -0.39 is 0 Å². The van der Waals surface area contributed by atoms with Gasteiger partial charge < -0.3 is 9.88 Å². The van der Waals surface area contributed by atoms with Crippen molar-refractivity contribution in [1.29, 1.82) is 0 Å². The van der Waals surface area contributed by atoms with Crippen molar-refractivity contribution in [3.63, 3.8) is 0 Å². The van der Waals surface area contributed by atoms with Crippen molar-refractivity contribution < 1.29 is 4.79 Å². The second kappa shape index (κ2) is 5.11. The predicted molar refractivity (Wildman–Crippen MR) is 78.5 cm³/mol. The first-order valence-corrected chi connectivity index (χ1v) is 8.41. The monoisotopic (exact) mass is 288 g/mol. The Balaban J connectivity index is 1.27. The third-order valence-electron chi connectivity index (χ3n) is 6.01. The maximum Gasteiger partial charge on any atom is 0.223 e. The van der Waals surface area contributed by atoms with Gasteiger partial charge in [-0.3, -0.25) is 4.79 Å². The van der Waals surface area contributed by atoms with E-state index in [-0.39, 0.29) is 0 Å². The number of carbonyl (C=O) groups excluding carboxylic acids is 1. The summed E-state index contributed by atoms with van der Waals surface area (Å²) in [6.45, 7) is 0. The summed E-state index contributed by atoms with van der Waals surface area (Å²) < 4.78 is 2.10. The lowest BCUT2D eigenvalue weighted by molar-refractivity contribution is -0.124. The molecule has 0 aromatic carbocycles. The molecule has 0 saturated heterocycles. The molecular formula is C16H24N4O. The number of aromatic nitrogens is 3. The zero-order chi connectivity index (χ0) is 14.3. The van der Waals surface area contributed by atoms with Gasteiger partial charge >= 0.3 is 0 Å². The molecule has 3 aliphatic carbocycles. The van der Waals surface area contributed by atoms with Gasteiger partial charge in [-0.15, -0.1) is 10.2 Å².